The van der Waals surface area contributed by atoms with Gasteiger partial charge in [0.1, 0.15) is 0 Å². The summed E-state index contributed by atoms with van der Waals surface area (Å²) in [5.74, 6) is -3.03. The van der Waals surface area contributed by atoms with Crippen LogP contribution in [0, 0.1) is 11.6 Å². The zero-order valence-electron chi connectivity index (χ0n) is 8.37. The molecule has 0 aliphatic carbocycles. The fraction of sp³-hybridized carbons (Fsp3) is 0.300. The lowest BCUT2D eigenvalue weighted by Crippen LogP contribution is -2.15. The quantitative estimate of drug-likeness (QED) is 0.783. The third-order valence-corrected chi connectivity index (χ3v) is 1.84. The molecule has 0 saturated heterocycles. The van der Waals surface area contributed by atoms with Gasteiger partial charge in [-0.25, -0.2) is 8.78 Å². The number of hydrogen-bond donors (Lipinski definition) is 2. The van der Waals surface area contributed by atoms with Crippen LogP contribution in [0.15, 0.2) is 12.1 Å². The van der Waals surface area contributed by atoms with Crippen molar-refractivity contribution in [3.05, 3.63) is 29.3 Å². The molecule has 0 spiro atoms. The van der Waals surface area contributed by atoms with Crippen molar-refractivity contribution in [2.45, 2.75) is 13.0 Å². The van der Waals surface area contributed by atoms with Crippen molar-refractivity contribution in [3.63, 3.8) is 0 Å². The number of rotatable bonds is 5. The molecule has 1 amide bonds. The van der Waals surface area contributed by atoms with E-state index < -0.39 is 29.9 Å². The first-order valence-corrected chi connectivity index (χ1v) is 4.54. The topological polar surface area (TPSA) is 72.6 Å². The van der Waals surface area contributed by atoms with Crippen LogP contribution in [-0.2, 0) is 11.4 Å². The Morgan fingerprint density at radius 1 is 1.38 bits per heavy atom. The van der Waals surface area contributed by atoms with E-state index in [9.17, 15) is 13.6 Å². The van der Waals surface area contributed by atoms with Crippen molar-refractivity contribution in [2.24, 2.45) is 5.73 Å². The monoisotopic (exact) mass is 231 g/mol. The van der Waals surface area contributed by atoms with Gasteiger partial charge in [0, 0.05) is 0 Å². The van der Waals surface area contributed by atoms with E-state index in [0.717, 1.165) is 12.1 Å². The normalized spacial score (nSPS) is 10.2. The van der Waals surface area contributed by atoms with Gasteiger partial charge in [-0.15, -0.1) is 0 Å². The molecule has 1 aromatic rings. The first-order valence-electron chi connectivity index (χ1n) is 4.54. The number of nitrogens with two attached hydrogens (primary N) is 1. The maximum atomic E-state index is 13.2. The molecule has 4 nitrogen and oxygen atoms in total. The predicted molar refractivity (Wildman–Crippen MR) is 51.6 cm³/mol. The van der Waals surface area contributed by atoms with Gasteiger partial charge in [-0.05, 0) is 17.7 Å². The Hall–Kier alpha value is -1.69. The van der Waals surface area contributed by atoms with Crippen molar-refractivity contribution < 1.29 is 23.4 Å². The summed E-state index contributed by atoms with van der Waals surface area (Å²) in [6.45, 7) is -0.656. The van der Waals surface area contributed by atoms with E-state index in [2.05, 4.69) is 0 Å². The summed E-state index contributed by atoms with van der Waals surface area (Å²) in [4.78, 5) is 10.4. The van der Waals surface area contributed by atoms with Gasteiger partial charge in [0.25, 0.3) is 0 Å². The van der Waals surface area contributed by atoms with Crippen LogP contribution in [-0.4, -0.2) is 17.6 Å². The molecule has 6 heteroatoms. The molecule has 1 rings (SSSR count). The molecule has 0 fully saturated rings. The van der Waals surface area contributed by atoms with Crippen molar-refractivity contribution >= 4 is 5.91 Å². The number of primary amides is 1. The molecule has 0 aromatic heterocycles. The Balaban J connectivity index is 2.76. The fourth-order valence-corrected chi connectivity index (χ4v) is 1.10. The molecule has 0 heterocycles. The summed E-state index contributed by atoms with van der Waals surface area (Å²) in [5.41, 5.74) is 4.95. The molecule has 0 unspecified atom stereocenters. The maximum absolute atomic E-state index is 13.2. The van der Waals surface area contributed by atoms with E-state index >= 15 is 0 Å². The van der Waals surface area contributed by atoms with Crippen LogP contribution in [0.3, 0.4) is 0 Å². The van der Waals surface area contributed by atoms with Gasteiger partial charge in [-0.2, -0.15) is 0 Å². The minimum absolute atomic E-state index is 0.109. The molecule has 0 radical (unpaired) electrons. The summed E-state index contributed by atoms with van der Waals surface area (Å²) in [5, 5.41) is 8.69. The highest BCUT2D eigenvalue weighted by Crippen LogP contribution is 2.23. The van der Waals surface area contributed by atoms with E-state index in [-0.39, 0.29) is 18.6 Å². The second-order valence-corrected chi connectivity index (χ2v) is 3.11. The van der Waals surface area contributed by atoms with E-state index in [0.29, 0.717) is 0 Å². The summed E-state index contributed by atoms with van der Waals surface area (Å²) in [7, 11) is 0. The molecular formula is C10H11F2NO3. The summed E-state index contributed by atoms with van der Waals surface area (Å²) >= 11 is 0. The number of amides is 1. The lowest BCUT2D eigenvalue weighted by Gasteiger charge is -2.08. The van der Waals surface area contributed by atoms with E-state index in [4.69, 9.17) is 15.6 Å². The highest BCUT2D eigenvalue weighted by Gasteiger charge is 2.12. The number of hydrogen-bond acceptors (Lipinski definition) is 3. The Bertz CT molecular complexity index is 373. The molecule has 0 aliphatic heterocycles. The van der Waals surface area contributed by atoms with Gasteiger partial charge >= 0.3 is 0 Å². The zero-order chi connectivity index (χ0) is 12.1. The van der Waals surface area contributed by atoms with Crippen LogP contribution in [0.2, 0.25) is 0 Å². The van der Waals surface area contributed by atoms with Crippen molar-refractivity contribution in [3.8, 4) is 5.75 Å². The van der Waals surface area contributed by atoms with Gasteiger partial charge in [0.15, 0.2) is 17.4 Å². The third-order valence-electron chi connectivity index (χ3n) is 1.84. The smallest absolute Gasteiger partial charge is 0.220 e. The predicted octanol–water partition coefficient (Wildman–Crippen LogP) is 0.711. The van der Waals surface area contributed by atoms with Gasteiger partial charge in [0.05, 0.1) is 19.6 Å². The average Bonchev–Trinajstić information content (AvgIpc) is 2.21. The molecule has 0 bridgehead atoms. The van der Waals surface area contributed by atoms with E-state index in [1.54, 1.807) is 0 Å². The van der Waals surface area contributed by atoms with Gasteiger partial charge in [0.2, 0.25) is 5.91 Å². The fourth-order valence-electron chi connectivity index (χ4n) is 1.10. The Morgan fingerprint density at radius 3 is 2.38 bits per heavy atom. The number of carbonyl (C=O) groups excluding carboxylic acids is 1. The summed E-state index contributed by atoms with van der Waals surface area (Å²) < 4.78 is 31.2. The number of carbonyl (C=O) groups is 1. The molecular weight excluding hydrogens is 220 g/mol. The largest absolute Gasteiger partial charge is 0.487 e. The van der Waals surface area contributed by atoms with Gasteiger partial charge in [-0.3, -0.25) is 4.79 Å². The second-order valence-electron chi connectivity index (χ2n) is 3.11. The van der Waals surface area contributed by atoms with Crippen LogP contribution in [0.4, 0.5) is 8.78 Å². The maximum Gasteiger partial charge on any atom is 0.220 e. The lowest BCUT2D eigenvalue weighted by atomic mass is 10.2. The first-order chi connectivity index (χ1) is 7.54. The highest BCUT2D eigenvalue weighted by molar-refractivity contribution is 5.73. The third kappa shape index (κ3) is 3.16. The SMILES string of the molecule is NC(=O)CCOc1c(F)cc(CO)cc1F. The van der Waals surface area contributed by atoms with E-state index in [1.165, 1.54) is 0 Å². The second kappa shape index (κ2) is 5.41. The van der Waals surface area contributed by atoms with Crippen molar-refractivity contribution in [1.29, 1.82) is 0 Å². The number of aliphatic hydroxyl groups excluding tert-OH is 1. The van der Waals surface area contributed by atoms with Gasteiger partial charge in [-0.1, -0.05) is 0 Å². The number of halogens is 2. The van der Waals surface area contributed by atoms with Crippen LogP contribution in [0.5, 0.6) is 5.75 Å². The average molecular weight is 231 g/mol. The first kappa shape index (κ1) is 12.4. The minimum atomic E-state index is -0.923. The van der Waals surface area contributed by atoms with Crippen LogP contribution >= 0.6 is 0 Å². The standard InChI is InChI=1S/C10H11F2NO3/c11-7-3-6(5-14)4-8(12)10(7)16-2-1-9(13)15/h3-4,14H,1-2,5H2,(H2,13,15). The zero-order valence-corrected chi connectivity index (χ0v) is 8.37. The molecule has 0 saturated carbocycles. The number of ether oxygens (including phenoxy) is 1. The summed E-state index contributed by atoms with van der Waals surface area (Å²) in [6, 6.07) is 1.92. The summed E-state index contributed by atoms with van der Waals surface area (Å²) in [6.07, 6.45) is -0.124. The Labute approximate surface area is 90.6 Å². The Kier molecular flexibility index (Phi) is 4.19. The molecule has 0 aliphatic rings. The Morgan fingerprint density at radius 2 is 1.94 bits per heavy atom. The van der Waals surface area contributed by atoms with Crippen LogP contribution < -0.4 is 10.5 Å². The minimum Gasteiger partial charge on any atom is -0.487 e. The van der Waals surface area contributed by atoms with Gasteiger partial charge < -0.3 is 15.6 Å². The highest BCUT2D eigenvalue weighted by atomic mass is 19.1. The number of aliphatic hydroxyl groups is 1. The molecule has 0 atom stereocenters. The van der Waals surface area contributed by atoms with Crippen molar-refractivity contribution in [1.82, 2.24) is 0 Å². The lowest BCUT2D eigenvalue weighted by molar-refractivity contribution is -0.118. The van der Waals surface area contributed by atoms with Crippen LogP contribution in [0.1, 0.15) is 12.0 Å². The molecule has 16 heavy (non-hydrogen) atoms. The molecule has 88 valence electrons. The molecule has 1 aromatic carbocycles. The number of benzene rings is 1. The molecule has 3 N–H and O–H groups in total. The van der Waals surface area contributed by atoms with Crippen LogP contribution in [0.25, 0.3) is 0 Å². The van der Waals surface area contributed by atoms with E-state index in [1.807, 2.05) is 0 Å². The van der Waals surface area contributed by atoms with Crippen molar-refractivity contribution in [2.75, 3.05) is 6.61 Å².